The van der Waals surface area contributed by atoms with E-state index >= 15 is 0 Å². The van der Waals surface area contributed by atoms with Gasteiger partial charge in [0.25, 0.3) is 11.8 Å². The number of amides is 2. The van der Waals surface area contributed by atoms with E-state index in [9.17, 15) is 18.0 Å². The van der Waals surface area contributed by atoms with Gasteiger partial charge in [-0.1, -0.05) is 35.8 Å². The number of nitrogens with zero attached hydrogens (tertiary/aromatic N) is 1. The highest BCUT2D eigenvalue weighted by molar-refractivity contribution is 9.10. The Morgan fingerprint density at radius 1 is 0.929 bits per heavy atom. The van der Waals surface area contributed by atoms with Crippen LogP contribution in [0.15, 0.2) is 51.8 Å². The number of hydrogen-bond donors (Lipinski definition) is 2. The Kier molecular flexibility index (Phi) is 7.34. The van der Waals surface area contributed by atoms with Gasteiger partial charge in [-0.3, -0.25) is 20.4 Å². The van der Waals surface area contributed by atoms with Crippen LogP contribution in [0.5, 0.6) is 0 Å². The third-order valence-electron chi connectivity index (χ3n) is 4.17. The van der Waals surface area contributed by atoms with E-state index in [0.717, 1.165) is 4.47 Å². The van der Waals surface area contributed by atoms with Gasteiger partial charge in [-0.15, -0.1) is 0 Å². The van der Waals surface area contributed by atoms with Crippen LogP contribution in [0.2, 0.25) is 0 Å². The molecule has 0 aliphatic rings. The number of hydrazine groups is 1. The molecule has 0 aliphatic heterocycles. The van der Waals surface area contributed by atoms with E-state index in [0.29, 0.717) is 24.2 Å². The predicted molar refractivity (Wildman–Crippen MR) is 110 cm³/mol. The third-order valence-corrected chi connectivity index (χ3v) is 6.89. The quantitative estimate of drug-likeness (QED) is 0.638. The zero-order chi connectivity index (χ0) is 20.9. The molecule has 2 aromatic rings. The summed E-state index contributed by atoms with van der Waals surface area (Å²) in [6.07, 6.45) is 0. The van der Waals surface area contributed by atoms with Crippen molar-refractivity contribution >= 4 is 37.8 Å². The van der Waals surface area contributed by atoms with Crippen LogP contribution in [0.1, 0.15) is 40.1 Å². The molecule has 150 valence electrons. The van der Waals surface area contributed by atoms with Crippen LogP contribution < -0.4 is 10.9 Å². The lowest BCUT2D eigenvalue weighted by molar-refractivity contribution is 0.0846. The summed E-state index contributed by atoms with van der Waals surface area (Å²) in [7, 11) is -3.70. The van der Waals surface area contributed by atoms with Gasteiger partial charge >= 0.3 is 0 Å². The van der Waals surface area contributed by atoms with E-state index < -0.39 is 21.8 Å². The molecule has 0 unspecified atom stereocenters. The average Bonchev–Trinajstić information content (AvgIpc) is 2.67. The molecule has 0 atom stereocenters. The summed E-state index contributed by atoms with van der Waals surface area (Å²) in [6.45, 7) is 5.85. The van der Waals surface area contributed by atoms with E-state index in [2.05, 4.69) is 26.8 Å². The summed E-state index contributed by atoms with van der Waals surface area (Å²) in [6, 6.07) is 11.0. The van der Waals surface area contributed by atoms with Gasteiger partial charge in [0.05, 0.1) is 4.90 Å². The first-order chi connectivity index (χ1) is 13.2. The van der Waals surface area contributed by atoms with Crippen LogP contribution >= 0.6 is 15.9 Å². The van der Waals surface area contributed by atoms with Crippen molar-refractivity contribution in [2.24, 2.45) is 0 Å². The predicted octanol–water partition coefficient (Wildman–Crippen LogP) is 2.86. The highest BCUT2D eigenvalue weighted by Gasteiger charge is 2.24. The second-order valence-corrected chi connectivity index (χ2v) is 8.81. The van der Waals surface area contributed by atoms with Crippen LogP contribution in [-0.2, 0) is 10.0 Å². The Morgan fingerprint density at radius 3 is 1.96 bits per heavy atom. The summed E-state index contributed by atoms with van der Waals surface area (Å²) >= 11 is 3.28. The van der Waals surface area contributed by atoms with Crippen molar-refractivity contribution in [3.63, 3.8) is 0 Å². The molecule has 0 aromatic heterocycles. The number of rotatable bonds is 6. The monoisotopic (exact) mass is 467 g/mol. The SMILES string of the molecule is CCN(CC)S(=O)(=O)c1cc(C(=O)NNC(=O)c2ccc(Br)cc2)ccc1C. The van der Waals surface area contributed by atoms with Crippen LogP contribution in [0.25, 0.3) is 0 Å². The molecule has 0 bridgehead atoms. The zero-order valence-electron chi connectivity index (χ0n) is 15.8. The Balaban J connectivity index is 2.18. The smallest absolute Gasteiger partial charge is 0.267 e. The van der Waals surface area contributed by atoms with Gasteiger partial charge in [0.2, 0.25) is 10.0 Å². The van der Waals surface area contributed by atoms with E-state index in [1.165, 1.54) is 16.4 Å². The molecule has 2 aromatic carbocycles. The summed E-state index contributed by atoms with van der Waals surface area (Å²) in [5.74, 6) is -1.09. The fraction of sp³-hybridized carbons (Fsp3) is 0.263. The lowest BCUT2D eigenvalue weighted by Crippen LogP contribution is -2.41. The summed E-state index contributed by atoms with van der Waals surface area (Å²) in [4.78, 5) is 24.6. The molecular formula is C19H22BrN3O4S. The van der Waals surface area contributed by atoms with Gasteiger partial charge in [0.15, 0.2) is 0 Å². The van der Waals surface area contributed by atoms with Crippen molar-refractivity contribution in [1.82, 2.24) is 15.2 Å². The first kappa shape index (κ1) is 22.1. The highest BCUT2D eigenvalue weighted by atomic mass is 79.9. The molecule has 28 heavy (non-hydrogen) atoms. The summed E-state index contributed by atoms with van der Waals surface area (Å²) in [5, 5.41) is 0. The molecule has 0 saturated heterocycles. The Morgan fingerprint density at radius 2 is 1.43 bits per heavy atom. The van der Waals surface area contributed by atoms with Crippen LogP contribution in [0, 0.1) is 6.92 Å². The topological polar surface area (TPSA) is 95.6 Å². The minimum Gasteiger partial charge on any atom is -0.267 e. The maximum Gasteiger partial charge on any atom is 0.269 e. The van der Waals surface area contributed by atoms with E-state index in [-0.39, 0.29) is 10.5 Å². The van der Waals surface area contributed by atoms with Crippen molar-refractivity contribution in [3.05, 3.63) is 63.6 Å². The maximum atomic E-state index is 12.8. The van der Waals surface area contributed by atoms with Gasteiger partial charge < -0.3 is 0 Å². The van der Waals surface area contributed by atoms with Crippen LogP contribution in [0.3, 0.4) is 0 Å². The van der Waals surface area contributed by atoms with E-state index in [4.69, 9.17) is 0 Å². The van der Waals surface area contributed by atoms with Gasteiger partial charge in [0, 0.05) is 28.7 Å². The van der Waals surface area contributed by atoms with Crippen LogP contribution in [0.4, 0.5) is 0 Å². The highest BCUT2D eigenvalue weighted by Crippen LogP contribution is 2.21. The molecule has 9 heteroatoms. The number of halogens is 1. The number of carbonyl (C=O) groups is 2. The number of aryl methyl sites for hydroxylation is 1. The van der Waals surface area contributed by atoms with Crippen molar-refractivity contribution in [1.29, 1.82) is 0 Å². The van der Waals surface area contributed by atoms with Gasteiger partial charge in [-0.05, 0) is 48.9 Å². The molecule has 0 radical (unpaired) electrons. The largest absolute Gasteiger partial charge is 0.269 e. The first-order valence-corrected chi connectivity index (χ1v) is 10.9. The molecule has 0 saturated carbocycles. The summed E-state index contributed by atoms with van der Waals surface area (Å²) in [5.41, 5.74) is 5.68. The molecular weight excluding hydrogens is 446 g/mol. The maximum absolute atomic E-state index is 12.8. The Bertz CT molecular complexity index is 971. The van der Waals surface area contributed by atoms with Crippen molar-refractivity contribution in [3.8, 4) is 0 Å². The van der Waals surface area contributed by atoms with Crippen LogP contribution in [-0.4, -0.2) is 37.6 Å². The summed E-state index contributed by atoms with van der Waals surface area (Å²) < 4.78 is 27.7. The fourth-order valence-corrected chi connectivity index (χ4v) is 4.55. The van der Waals surface area contributed by atoms with E-state index in [1.807, 2.05) is 0 Å². The van der Waals surface area contributed by atoms with Gasteiger partial charge in [-0.2, -0.15) is 4.31 Å². The van der Waals surface area contributed by atoms with Crippen molar-refractivity contribution < 1.29 is 18.0 Å². The minimum atomic E-state index is -3.70. The van der Waals surface area contributed by atoms with Crippen molar-refractivity contribution in [2.45, 2.75) is 25.7 Å². The lowest BCUT2D eigenvalue weighted by atomic mass is 10.1. The number of sulfonamides is 1. The number of carbonyl (C=O) groups excluding carboxylic acids is 2. The number of hydrogen-bond acceptors (Lipinski definition) is 4. The number of nitrogens with one attached hydrogen (secondary N) is 2. The molecule has 7 nitrogen and oxygen atoms in total. The fourth-order valence-electron chi connectivity index (χ4n) is 2.58. The molecule has 0 spiro atoms. The molecule has 2 N–H and O–H groups in total. The Labute approximate surface area is 173 Å². The third kappa shape index (κ3) is 4.98. The lowest BCUT2D eigenvalue weighted by Gasteiger charge is -2.20. The number of benzene rings is 2. The minimum absolute atomic E-state index is 0.0723. The standard InChI is InChI=1S/C19H22BrN3O4S/c1-4-23(5-2)28(26,27)17-12-15(7-6-13(17)3)19(25)22-21-18(24)14-8-10-16(20)11-9-14/h6-12H,4-5H2,1-3H3,(H,21,24)(H,22,25). The molecule has 0 heterocycles. The molecule has 2 rings (SSSR count). The average molecular weight is 468 g/mol. The van der Waals surface area contributed by atoms with Gasteiger partial charge in [-0.25, -0.2) is 8.42 Å². The second kappa shape index (κ2) is 9.31. The first-order valence-electron chi connectivity index (χ1n) is 8.67. The van der Waals surface area contributed by atoms with Gasteiger partial charge in [0.1, 0.15) is 0 Å². The molecule has 0 fully saturated rings. The molecule has 2 amide bonds. The molecule has 0 aliphatic carbocycles. The normalized spacial score (nSPS) is 11.3. The van der Waals surface area contributed by atoms with Crippen molar-refractivity contribution in [2.75, 3.05) is 13.1 Å². The Hall–Kier alpha value is -2.23. The zero-order valence-corrected chi connectivity index (χ0v) is 18.2. The van der Waals surface area contributed by atoms with E-state index in [1.54, 1.807) is 51.1 Å². The second-order valence-electron chi connectivity index (χ2n) is 5.98.